The van der Waals surface area contributed by atoms with Crippen molar-refractivity contribution in [2.45, 2.75) is 10.4 Å². The van der Waals surface area contributed by atoms with Crippen LogP contribution in [0.1, 0.15) is 5.56 Å². The minimum atomic E-state index is -4.57. The molecular formula is C13H12ClF3N2O2S2. The highest BCUT2D eigenvalue weighted by Crippen LogP contribution is 2.36. The van der Waals surface area contributed by atoms with Gasteiger partial charge in [0.05, 0.1) is 21.3 Å². The van der Waals surface area contributed by atoms with Gasteiger partial charge in [0.25, 0.3) is 10.0 Å². The van der Waals surface area contributed by atoms with Gasteiger partial charge in [0.15, 0.2) is 0 Å². The Kier molecular flexibility index (Phi) is 4.84. The van der Waals surface area contributed by atoms with Crippen LogP contribution in [0.2, 0.25) is 4.34 Å². The predicted molar refractivity (Wildman–Crippen MR) is 85.9 cm³/mol. The van der Waals surface area contributed by atoms with Crippen molar-refractivity contribution in [1.29, 1.82) is 0 Å². The van der Waals surface area contributed by atoms with E-state index >= 15 is 0 Å². The number of halogens is 4. The molecule has 0 atom stereocenters. The molecule has 23 heavy (non-hydrogen) atoms. The first-order chi connectivity index (χ1) is 10.5. The van der Waals surface area contributed by atoms with Crippen LogP contribution in [0.5, 0.6) is 0 Å². The molecule has 0 fully saturated rings. The van der Waals surface area contributed by atoms with E-state index < -0.39 is 21.8 Å². The molecule has 1 aromatic heterocycles. The fourth-order valence-corrected chi connectivity index (χ4v) is 4.37. The number of hydrogen-bond donors (Lipinski definition) is 1. The topological polar surface area (TPSA) is 49.4 Å². The van der Waals surface area contributed by atoms with Crippen LogP contribution in [0.4, 0.5) is 24.5 Å². The molecule has 4 nitrogen and oxygen atoms in total. The first-order valence-electron chi connectivity index (χ1n) is 6.17. The van der Waals surface area contributed by atoms with Crippen molar-refractivity contribution in [1.82, 2.24) is 0 Å². The summed E-state index contributed by atoms with van der Waals surface area (Å²) in [5.41, 5.74) is -0.788. The molecule has 126 valence electrons. The molecule has 1 heterocycles. The van der Waals surface area contributed by atoms with Gasteiger partial charge in [-0.05, 0) is 30.3 Å². The summed E-state index contributed by atoms with van der Waals surface area (Å²) in [6.45, 7) is 0. The molecule has 0 saturated heterocycles. The highest BCUT2D eigenvalue weighted by molar-refractivity contribution is 7.94. The van der Waals surface area contributed by atoms with E-state index in [-0.39, 0.29) is 14.2 Å². The van der Waals surface area contributed by atoms with E-state index in [1.54, 1.807) is 14.1 Å². The van der Waals surface area contributed by atoms with Crippen molar-refractivity contribution in [3.05, 3.63) is 40.2 Å². The molecule has 0 saturated carbocycles. The summed E-state index contributed by atoms with van der Waals surface area (Å²) in [7, 11) is -0.821. The van der Waals surface area contributed by atoms with Crippen molar-refractivity contribution in [3.8, 4) is 0 Å². The highest BCUT2D eigenvalue weighted by atomic mass is 35.5. The Morgan fingerprint density at radius 3 is 2.30 bits per heavy atom. The Labute approximate surface area is 140 Å². The monoisotopic (exact) mass is 384 g/mol. The van der Waals surface area contributed by atoms with Gasteiger partial charge in [-0.2, -0.15) is 13.2 Å². The van der Waals surface area contributed by atoms with Crippen LogP contribution in [-0.4, -0.2) is 22.5 Å². The first-order valence-corrected chi connectivity index (χ1v) is 8.85. The zero-order valence-electron chi connectivity index (χ0n) is 12.0. The standard InChI is InChI=1S/C13H12ClF3N2O2S2/c1-19(2)10-4-3-8(13(15,16)17)7-9(10)18-23(20,21)12-6-5-11(14)22-12/h3-7,18H,1-2H3. The molecule has 0 aliphatic rings. The molecule has 1 N–H and O–H groups in total. The maximum Gasteiger partial charge on any atom is 0.416 e. The number of benzene rings is 1. The third-order valence-electron chi connectivity index (χ3n) is 2.86. The van der Waals surface area contributed by atoms with E-state index in [0.717, 1.165) is 23.5 Å². The van der Waals surface area contributed by atoms with Gasteiger partial charge in [-0.1, -0.05) is 11.6 Å². The van der Waals surface area contributed by atoms with Gasteiger partial charge in [0, 0.05) is 14.1 Å². The minimum Gasteiger partial charge on any atom is -0.376 e. The molecule has 0 bridgehead atoms. The van der Waals surface area contributed by atoms with Crippen molar-refractivity contribution in [2.24, 2.45) is 0 Å². The summed E-state index contributed by atoms with van der Waals surface area (Å²) >= 11 is 6.52. The summed E-state index contributed by atoms with van der Waals surface area (Å²) in [5, 5.41) is 0. The molecular weight excluding hydrogens is 373 g/mol. The van der Waals surface area contributed by atoms with E-state index in [1.165, 1.54) is 23.1 Å². The minimum absolute atomic E-state index is 0.0791. The fraction of sp³-hybridized carbons (Fsp3) is 0.231. The molecule has 0 spiro atoms. The maximum atomic E-state index is 12.9. The maximum absolute atomic E-state index is 12.9. The second-order valence-electron chi connectivity index (χ2n) is 4.79. The number of nitrogens with one attached hydrogen (secondary N) is 1. The second-order valence-corrected chi connectivity index (χ2v) is 8.41. The van der Waals surface area contributed by atoms with Crippen LogP contribution in [0.15, 0.2) is 34.5 Å². The lowest BCUT2D eigenvalue weighted by molar-refractivity contribution is -0.137. The Balaban J connectivity index is 2.48. The molecule has 2 rings (SSSR count). The van der Waals surface area contributed by atoms with E-state index in [0.29, 0.717) is 5.69 Å². The number of alkyl halides is 3. The van der Waals surface area contributed by atoms with Gasteiger partial charge in [-0.15, -0.1) is 11.3 Å². The van der Waals surface area contributed by atoms with Gasteiger partial charge in [-0.3, -0.25) is 4.72 Å². The van der Waals surface area contributed by atoms with Crippen LogP contribution >= 0.6 is 22.9 Å². The van der Waals surface area contributed by atoms with Crippen LogP contribution in [0.25, 0.3) is 0 Å². The van der Waals surface area contributed by atoms with Crippen molar-refractivity contribution < 1.29 is 21.6 Å². The van der Waals surface area contributed by atoms with Crippen LogP contribution < -0.4 is 9.62 Å². The molecule has 0 amide bonds. The van der Waals surface area contributed by atoms with Crippen LogP contribution in [0, 0.1) is 0 Å². The molecule has 1 aromatic carbocycles. The van der Waals surface area contributed by atoms with E-state index in [4.69, 9.17) is 11.6 Å². The van der Waals surface area contributed by atoms with Crippen molar-refractivity contribution in [2.75, 3.05) is 23.7 Å². The van der Waals surface area contributed by atoms with Crippen LogP contribution in [0.3, 0.4) is 0 Å². The zero-order chi connectivity index (χ0) is 17.4. The third-order valence-corrected chi connectivity index (χ3v) is 5.95. The van der Waals surface area contributed by atoms with E-state index in [2.05, 4.69) is 4.72 Å². The second kappa shape index (κ2) is 6.21. The number of sulfonamides is 1. The lowest BCUT2D eigenvalue weighted by atomic mass is 10.1. The number of thiophene rings is 1. The molecule has 10 heteroatoms. The Bertz CT molecular complexity index is 817. The van der Waals surface area contributed by atoms with Crippen LogP contribution in [-0.2, 0) is 16.2 Å². The number of rotatable bonds is 4. The lowest BCUT2D eigenvalue weighted by Crippen LogP contribution is -2.17. The molecule has 0 aliphatic heterocycles. The van der Waals surface area contributed by atoms with Gasteiger partial charge >= 0.3 is 6.18 Å². The Hall–Kier alpha value is -1.45. The quantitative estimate of drug-likeness (QED) is 0.855. The van der Waals surface area contributed by atoms with Crippen molar-refractivity contribution in [3.63, 3.8) is 0 Å². The van der Waals surface area contributed by atoms with Gasteiger partial charge < -0.3 is 4.90 Å². The molecule has 0 radical (unpaired) electrons. The SMILES string of the molecule is CN(C)c1ccc(C(F)(F)F)cc1NS(=O)(=O)c1ccc(Cl)s1. The summed E-state index contributed by atoms with van der Waals surface area (Å²) in [5.74, 6) is 0. The van der Waals surface area contributed by atoms with Gasteiger partial charge in [0.2, 0.25) is 0 Å². The molecule has 0 unspecified atom stereocenters. The first kappa shape index (κ1) is 17.9. The predicted octanol–water partition coefficient (Wildman–Crippen LogP) is 4.29. The summed E-state index contributed by atoms with van der Waals surface area (Å²) in [6.07, 6.45) is -4.57. The highest BCUT2D eigenvalue weighted by Gasteiger charge is 2.32. The van der Waals surface area contributed by atoms with Gasteiger partial charge in [-0.25, -0.2) is 8.42 Å². The van der Waals surface area contributed by atoms with Gasteiger partial charge in [0.1, 0.15) is 4.21 Å². The molecule has 2 aromatic rings. The Morgan fingerprint density at radius 2 is 1.83 bits per heavy atom. The summed E-state index contributed by atoms with van der Waals surface area (Å²) < 4.78 is 65.5. The Morgan fingerprint density at radius 1 is 1.17 bits per heavy atom. The smallest absolute Gasteiger partial charge is 0.376 e. The largest absolute Gasteiger partial charge is 0.416 e. The molecule has 0 aliphatic carbocycles. The number of anilines is 2. The summed E-state index contributed by atoms with van der Waals surface area (Å²) in [4.78, 5) is 1.51. The number of nitrogens with zero attached hydrogens (tertiary/aromatic N) is 1. The van der Waals surface area contributed by atoms with Crippen molar-refractivity contribution >= 4 is 44.3 Å². The average Bonchev–Trinajstić information content (AvgIpc) is 2.84. The average molecular weight is 385 g/mol. The fourth-order valence-electron chi connectivity index (χ4n) is 1.82. The number of hydrogen-bond acceptors (Lipinski definition) is 4. The normalized spacial score (nSPS) is 12.3. The van der Waals surface area contributed by atoms with E-state index in [9.17, 15) is 21.6 Å². The third kappa shape index (κ3) is 4.10. The lowest BCUT2D eigenvalue weighted by Gasteiger charge is -2.20. The van der Waals surface area contributed by atoms with E-state index in [1.807, 2.05) is 0 Å². The summed E-state index contributed by atoms with van der Waals surface area (Å²) in [6, 6.07) is 5.57. The zero-order valence-corrected chi connectivity index (χ0v) is 14.4.